The molecule has 3 aromatic heterocycles. The predicted octanol–water partition coefficient (Wildman–Crippen LogP) is 5.22. The van der Waals surface area contributed by atoms with Gasteiger partial charge in [0, 0.05) is 39.1 Å². The largest absolute Gasteiger partial charge is 0.507 e. The number of aromatic hydroxyl groups is 1. The number of carbonyl (C=O) groups is 2. The summed E-state index contributed by atoms with van der Waals surface area (Å²) in [5.41, 5.74) is 1.28. The molecule has 1 aromatic carbocycles. The van der Waals surface area contributed by atoms with Gasteiger partial charge in [0.15, 0.2) is 5.65 Å². The maximum atomic E-state index is 15.4. The lowest BCUT2D eigenvalue weighted by Crippen LogP contribution is -2.66. The summed E-state index contributed by atoms with van der Waals surface area (Å²) in [5, 5.41) is 11.2. The molecule has 2 atom stereocenters. The molecule has 2 aliphatic rings. The molecule has 0 radical (unpaired) electrons. The third-order valence-electron chi connectivity index (χ3n) is 9.31. The van der Waals surface area contributed by atoms with Gasteiger partial charge >= 0.3 is 0 Å². The Kier molecular flexibility index (Phi) is 8.83. The molecule has 262 valence electrons. The molecule has 0 unspecified atom stereocenters. The Labute approximate surface area is 294 Å². The van der Waals surface area contributed by atoms with Crippen molar-refractivity contribution >= 4 is 51.8 Å². The number of benzene rings is 1. The second-order valence-corrected chi connectivity index (χ2v) is 14.0. The average Bonchev–Trinajstić information content (AvgIpc) is 3.06. The summed E-state index contributed by atoms with van der Waals surface area (Å²) >= 11 is 6.92. The molecule has 0 saturated carbocycles. The lowest BCUT2D eigenvalue weighted by atomic mass is 9.96. The number of pyridine rings is 2. The van der Waals surface area contributed by atoms with Crippen LogP contribution in [0.15, 0.2) is 41.7 Å². The van der Waals surface area contributed by atoms with Crippen LogP contribution in [0.2, 0.25) is 5.02 Å². The maximum Gasteiger partial charge on any atom is 0.283 e. The van der Waals surface area contributed by atoms with Crippen molar-refractivity contribution in [1.82, 2.24) is 24.4 Å². The molecule has 50 heavy (non-hydrogen) atoms. The van der Waals surface area contributed by atoms with Crippen molar-refractivity contribution in [1.29, 1.82) is 0 Å². The lowest BCUT2D eigenvalue weighted by Gasteiger charge is -2.50. The van der Waals surface area contributed by atoms with Gasteiger partial charge in [0.2, 0.25) is 11.9 Å². The van der Waals surface area contributed by atoms with Gasteiger partial charge in [-0.3, -0.25) is 19.0 Å². The van der Waals surface area contributed by atoms with Gasteiger partial charge in [-0.1, -0.05) is 51.9 Å². The number of rotatable bonds is 6. The monoisotopic (exact) mass is 702 g/mol. The first-order valence-corrected chi connectivity index (χ1v) is 16.8. The highest BCUT2D eigenvalue weighted by atomic mass is 35.5. The van der Waals surface area contributed by atoms with Gasteiger partial charge in [0.05, 0.1) is 45.6 Å². The average molecular weight is 703 g/mol. The first kappa shape index (κ1) is 34.8. The summed E-state index contributed by atoms with van der Waals surface area (Å²) in [6.07, 6.45) is 1.22. The molecule has 1 N–H and O–H groups in total. The third kappa shape index (κ3) is 5.34. The van der Waals surface area contributed by atoms with E-state index in [9.17, 15) is 14.7 Å². The van der Waals surface area contributed by atoms with Crippen LogP contribution in [0.4, 0.5) is 21.7 Å². The van der Waals surface area contributed by atoms with Gasteiger partial charge in [-0.15, -0.1) is 0 Å². The topological polar surface area (TPSA) is 128 Å². The number of nitrogens with zero attached hydrogens (tertiary/aromatic N) is 8. The Balaban J connectivity index is 1.81. The number of hydrogen-bond donors (Lipinski definition) is 1. The Morgan fingerprint density at radius 2 is 1.70 bits per heavy atom. The molecule has 5 heterocycles. The smallest absolute Gasteiger partial charge is 0.283 e. The molecular weight excluding hydrogens is 663 g/mol. The minimum Gasteiger partial charge on any atom is -0.507 e. The van der Waals surface area contributed by atoms with Crippen LogP contribution < -0.4 is 20.3 Å². The van der Waals surface area contributed by atoms with Gasteiger partial charge in [0.25, 0.3) is 11.5 Å². The Bertz CT molecular complexity index is 2100. The zero-order chi connectivity index (χ0) is 36.5. The Morgan fingerprint density at radius 1 is 1.06 bits per heavy atom. The fraction of sp³-hybridized carbons (Fsp3) is 0.389. The van der Waals surface area contributed by atoms with Crippen molar-refractivity contribution in [2.45, 2.75) is 58.5 Å². The summed E-state index contributed by atoms with van der Waals surface area (Å²) < 4.78 is 16.8. The number of phenolic OH excluding ortho intramolecular Hbond substituents is 1. The fourth-order valence-corrected chi connectivity index (χ4v) is 7.21. The van der Waals surface area contributed by atoms with Crippen LogP contribution >= 0.6 is 11.6 Å². The molecule has 14 heteroatoms. The number of aromatic nitrogens is 4. The Hall–Kier alpha value is -5.04. The fourth-order valence-electron chi connectivity index (χ4n) is 6.96. The number of amides is 2. The van der Waals surface area contributed by atoms with Crippen LogP contribution in [-0.4, -0.2) is 87.7 Å². The lowest BCUT2D eigenvalue weighted by molar-refractivity contribution is -0.129. The SMILES string of the molecule is C=CC(=O)N1C[C@@H](C)N2c3c(c(=O)n(-c4c(C(C)C)nc(N(C)C)nc4C(C)C)c4nc(-c5c(O)cccc5F)c(Cl)cc34)N(C)C(=O)[C@H]2C1. The number of carbonyl (C=O) groups excluding carboxylic acids is 2. The van der Waals surface area contributed by atoms with E-state index in [2.05, 4.69) is 6.58 Å². The van der Waals surface area contributed by atoms with E-state index in [1.54, 1.807) is 15.9 Å². The summed E-state index contributed by atoms with van der Waals surface area (Å²) in [4.78, 5) is 63.3. The van der Waals surface area contributed by atoms with Crippen LogP contribution in [0, 0.1) is 5.82 Å². The zero-order valence-corrected chi connectivity index (χ0v) is 30.1. The van der Waals surface area contributed by atoms with E-state index < -0.39 is 23.5 Å². The second kappa shape index (κ2) is 12.7. The van der Waals surface area contributed by atoms with E-state index in [1.807, 2.05) is 53.6 Å². The quantitative estimate of drug-likeness (QED) is 0.269. The second-order valence-electron chi connectivity index (χ2n) is 13.6. The van der Waals surface area contributed by atoms with Gasteiger partial charge in [-0.25, -0.2) is 19.3 Å². The summed E-state index contributed by atoms with van der Waals surface area (Å²) in [6.45, 7) is 13.6. The highest BCUT2D eigenvalue weighted by molar-refractivity contribution is 6.34. The first-order chi connectivity index (χ1) is 23.6. The number of phenols is 1. The van der Waals surface area contributed by atoms with Crippen molar-refractivity contribution in [2.75, 3.05) is 48.9 Å². The number of piperazine rings is 1. The van der Waals surface area contributed by atoms with Crippen LogP contribution in [0.3, 0.4) is 0 Å². The van der Waals surface area contributed by atoms with E-state index in [0.29, 0.717) is 34.1 Å². The first-order valence-electron chi connectivity index (χ1n) is 16.4. The number of halogens is 2. The van der Waals surface area contributed by atoms with Crippen molar-refractivity contribution in [3.63, 3.8) is 0 Å². The van der Waals surface area contributed by atoms with Crippen molar-refractivity contribution in [2.24, 2.45) is 0 Å². The van der Waals surface area contributed by atoms with E-state index in [4.69, 9.17) is 26.6 Å². The van der Waals surface area contributed by atoms with Crippen LogP contribution in [0.1, 0.15) is 57.8 Å². The molecule has 2 amide bonds. The van der Waals surface area contributed by atoms with Crippen molar-refractivity contribution in [3.8, 4) is 22.7 Å². The minimum atomic E-state index is -0.826. The third-order valence-corrected chi connectivity index (χ3v) is 9.60. The van der Waals surface area contributed by atoms with Crippen LogP contribution in [0.5, 0.6) is 5.75 Å². The molecule has 4 aromatic rings. The van der Waals surface area contributed by atoms with Crippen LogP contribution in [0.25, 0.3) is 28.0 Å². The standard InChI is InChI=1S/C36H40ClFN8O4/c1-10-25(48)44-15-19(6)45-23(16-44)34(49)43(9)32-30(45)20-14-21(37)29(26-22(38)12-11-13-24(26)47)39-33(20)46(35(32)50)31-27(17(2)3)40-36(42(7)8)41-28(31)18(4)5/h10-14,17-19,23,47H,1,15-16H2,2-9H3/t19-,23-/m1/s1. The van der Waals surface area contributed by atoms with Gasteiger partial charge in [0.1, 0.15) is 23.3 Å². The van der Waals surface area contributed by atoms with E-state index in [0.717, 1.165) is 0 Å². The number of fused-ring (bicyclic) bond motifs is 5. The molecule has 1 fully saturated rings. The molecule has 2 aliphatic heterocycles. The zero-order valence-electron chi connectivity index (χ0n) is 29.3. The van der Waals surface area contributed by atoms with Gasteiger partial charge < -0.3 is 24.7 Å². The van der Waals surface area contributed by atoms with Gasteiger partial charge in [-0.05, 0) is 43.0 Å². The highest BCUT2D eigenvalue weighted by Gasteiger charge is 2.47. The number of hydrogen-bond acceptors (Lipinski definition) is 9. The molecule has 6 rings (SSSR count). The summed E-state index contributed by atoms with van der Waals surface area (Å²) in [5.74, 6) is -1.73. The minimum absolute atomic E-state index is 0.0156. The highest BCUT2D eigenvalue weighted by Crippen LogP contribution is 2.46. The number of likely N-dealkylation sites (N-methyl/N-ethyl adjacent to an activating group) is 1. The Morgan fingerprint density at radius 3 is 2.26 bits per heavy atom. The van der Waals surface area contributed by atoms with E-state index in [1.165, 1.54) is 40.8 Å². The molecule has 12 nitrogen and oxygen atoms in total. The summed E-state index contributed by atoms with van der Waals surface area (Å²) in [6, 6.07) is 4.24. The van der Waals surface area contributed by atoms with Crippen molar-refractivity contribution < 1.29 is 19.1 Å². The molecule has 1 saturated heterocycles. The van der Waals surface area contributed by atoms with E-state index in [-0.39, 0.29) is 70.1 Å². The molecule has 0 spiro atoms. The molecular formula is C36H40ClFN8O4. The van der Waals surface area contributed by atoms with Crippen molar-refractivity contribution in [3.05, 3.63) is 69.5 Å². The van der Waals surface area contributed by atoms with E-state index >= 15 is 9.18 Å². The molecule has 0 bridgehead atoms. The number of anilines is 3. The summed E-state index contributed by atoms with van der Waals surface area (Å²) in [7, 11) is 5.20. The van der Waals surface area contributed by atoms with Crippen LogP contribution in [-0.2, 0) is 9.59 Å². The molecule has 0 aliphatic carbocycles. The maximum absolute atomic E-state index is 15.4. The van der Waals surface area contributed by atoms with Gasteiger partial charge in [-0.2, -0.15) is 0 Å². The normalized spacial score (nSPS) is 17.4. The predicted molar refractivity (Wildman–Crippen MR) is 193 cm³/mol.